The summed E-state index contributed by atoms with van der Waals surface area (Å²) in [6, 6.07) is 0. The molecule has 4 nitrogen and oxygen atoms in total. The Morgan fingerprint density at radius 1 is 1.50 bits per heavy atom. The largest absolute Gasteiger partial charge is 0.311 e. The van der Waals surface area contributed by atoms with Gasteiger partial charge in [0.05, 0.1) is 11.9 Å². The predicted octanol–water partition coefficient (Wildman–Crippen LogP) is 1.34. The van der Waals surface area contributed by atoms with E-state index in [9.17, 15) is 0 Å². The van der Waals surface area contributed by atoms with E-state index in [0.717, 1.165) is 18.8 Å². The second kappa shape index (κ2) is 4.55. The van der Waals surface area contributed by atoms with E-state index in [1.165, 1.54) is 6.42 Å². The first-order valence-corrected chi connectivity index (χ1v) is 5.09. The molecule has 1 N–H and O–H groups in total. The Morgan fingerprint density at radius 2 is 2.21 bits per heavy atom. The van der Waals surface area contributed by atoms with Crippen LogP contribution in [0.3, 0.4) is 0 Å². The second-order valence-corrected chi connectivity index (χ2v) is 4.47. The van der Waals surface area contributed by atoms with E-state index in [0.29, 0.717) is 5.41 Å². The first-order valence-electron chi connectivity index (χ1n) is 5.09. The van der Waals surface area contributed by atoms with Crippen molar-refractivity contribution in [2.24, 2.45) is 12.5 Å². The molecule has 1 heterocycles. The standard InChI is InChI=1S/C10H20N4/c1-5-10(2,3)8-11-6-9-7-12-13-14(9)4/h7,11H,5-6,8H2,1-4H3. The molecule has 0 aliphatic carbocycles. The van der Waals surface area contributed by atoms with Crippen LogP contribution >= 0.6 is 0 Å². The lowest BCUT2D eigenvalue weighted by atomic mass is 9.90. The third-order valence-corrected chi connectivity index (χ3v) is 2.67. The molecule has 0 fully saturated rings. The van der Waals surface area contributed by atoms with Crippen LogP contribution in [-0.2, 0) is 13.6 Å². The second-order valence-electron chi connectivity index (χ2n) is 4.47. The van der Waals surface area contributed by atoms with Crippen LogP contribution in [0, 0.1) is 5.41 Å². The summed E-state index contributed by atoms with van der Waals surface area (Å²) in [5.74, 6) is 0. The third-order valence-electron chi connectivity index (χ3n) is 2.67. The van der Waals surface area contributed by atoms with Crippen LogP contribution in [0.5, 0.6) is 0 Å². The van der Waals surface area contributed by atoms with Crippen molar-refractivity contribution in [3.8, 4) is 0 Å². The zero-order valence-electron chi connectivity index (χ0n) is 9.54. The normalized spacial score (nSPS) is 12.0. The van der Waals surface area contributed by atoms with Gasteiger partial charge in [-0.25, -0.2) is 0 Å². The highest BCUT2D eigenvalue weighted by molar-refractivity contribution is 4.92. The number of aromatic nitrogens is 3. The molecule has 80 valence electrons. The monoisotopic (exact) mass is 196 g/mol. The molecule has 4 heteroatoms. The molecule has 1 aromatic rings. The highest BCUT2D eigenvalue weighted by Crippen LogP contribution is 2.17. The van der Waals surface area contributed by atoms with Crippen molar-refractivity contribution >= 4 is 0 Å². The lowest BCUT2D eigenvalue weighted by Crippen LogP contribution is -2.29. The average molecular weight is 196 g/mol. The summed E-state index contributed by atoms with van der Waals surface area (Å²) in [5.41, 5.74) is 1.49. The zero-order valence-corrected chi connectivity index (χ0v) is 9.54. The number of aryl methyl sites for hydroxylation is 1. The zero-order chi connectivity index (χ0) is 10.6. The Hall–Kier alpha value is -0.900. The van der Waals surface area contributed by atoms with Gasteiger partial charge in [0, 0.05) is 20.1 Å². The van der Waals surface area contributed by atoms with Gasteiger partial charge in [0.2, 0.25) is 0 Å². The molecule has 0 amide bonds. The number of nitrogens with one attached hydrogen (secondary N) is 1. The van der Waals surface area contributed by atoms with Gasteiger partial charge < -0.3 is 5.32 Å². The van der Waals surface area contributed by atoms with Crippen LogP contribution < -0.4 is 5.32 Å². The minimum Gasteiger partial charge on any atom is -0.311 e. The summed E-state index contributed by atoms with van der Waals surface area (Å²) in [7, 11) is 1.91. The van der Waals surface area contributed by atoms with E-state index >= 15 is 0 Å². The van der Waals surface area contributed by atoms with Crippen molar-refractivity contribution in [3.05, 3.63) is 11.9 Å². The third kappa shape index (κ3) is 3.10. The van der Waals surface area contributed by atoms with E-state index in [4.69, 9.17) is 0 Å². The molecule has 0 bridgehead atoms. The van der Waals surface area contributed by atoms with E-state index < -0.39 is 0 Å². The van der Waals surface area contributed by atoms with Gasteiger partial charge in [-0.1, -0.05) is 26.0 Å². The number of nitrogens with zero attached hydrogens (tertiary/aromatic N) is 3. The van der Waals surface area contributed by atoms with Gasteiger partial charge in [-0.15, -0.1) is 5.10 Å². The fraction of sp³-hybridized carbons (Fsp3) is 0.800. The van der Waals surface area contributed by atoms with Gasteiger partial charge in [-0.05, 0) is 11.8 Å². The van der Waals surface area contributed by atoms with Gasteiger partial charge in [-0.3, -0.25) is 4.68 Å². The van der Waals surface area contributed by atoms with Gasteiger partial charge in [0.25, 0.3) is 0 Å². The Morgan fingerprint density at radius 3 is 2.71 bits per heavy atom. The molecular formula is C10H20N4. The summed E-state index contributed by atoms with van der Waals surface area (Å²) in [6.07, 6.45) is 2.98. The Kier molecular flexibility index (Phi) is 3.63. The summed E-state index contributed by atoms with van der Waals surface area (Å²) in [6.45, 7) is 8.61. The molecule has 0 saturated carbocycles. The van der Waals surface area contributed by atoms with Gasteiger partial charge >= 0.3 is 0 Å². The fourth-order valence-electron chi connectivity index (χ4n) is 1.12. The molecule has 0 saturated heterocycles. The number of hydrogen-bond acceptors (Lipinski definition) is 3. The number of rotatable bonds is 5. The van der Waals surface area contributed by atoms with Crippen molar-refractivity contribution in [1.82, 2.24) is 20.3 Å². The SMILES string of the molecule is CCC(C)(C)CNCc1cnnn1C. The molecule has 0 aliphatic rings. The molecule has 0 spiro atoms. The Labute approximate surface area is 85.7 Å². The van der Waals surface area contributed by atoms with Crippen molar-refractivity contribution in [2.75, 3.05) is 6.54 Å². The minimum absolute atomic E-state index is 0.367. The minimum atomic E-state index is 0.367. The Bertz CT molecular complexity index is 277. The first kappa shape index (κ1) is 11.2. The fourth-order valence-corrected chi connectivity index (χ4v) is 1.12. The quantitative estimate of drug-likeness (QED) is 0.773. The highest BCUT2D eigenvalue weighted by atomic mass is 15.4. The smallest absolute Gasteiger partial charge is 0.0738 e. The summed E-state index contributed by atoms with van der Waals surface area (Å²) in [5, 5.41) is 11.1. The van der Waals surface area contributed by atoms with Crippen LogP contribution in [0.4, 0.5) is 0 Å². The maximum Gasteiger partial charge on any atom is 0.0738 e. The molecule has 1 aromatic heterocycles. The lowest BCUT2D eigenvalue weighted by Gasteiger charge is -2.22. The summed E-state index contributed by atoms with van der Waals surface area (Å²) < 4.78 is 1.80. The van der Waals surface area contributed by atoms with Crippen LogP contribution in [0.1, 0.15) is 32.9 Å². The van der Waals surface area contributed by atoms with Crippen molar-refractivity contribution < 1.29 is 0 Å². The average Bonchev–Trinajstić information content (AvgIpc) is 2.52. The topological polar surface area (TPSA) is 42.7 Å². The van der Waals surface area contributed by atoms with Crippen molar-refractivity contribution in [1.29, 1.82) is 0 Å². The van der Waals surface area contributed by atoms with Crippen molar-refractivity contribution in [2.45, 2.75) is 33.7 Å². The highest BCUT2D eigenvalue weighted by Gasteiger charge is 2.14. The van der Waals surface area contributed by atoms with Crippen LogP contribution in [-0.4, -0.2) is 21.5 Å². The van der Waals surface area contributed by atoms with E-state index in [1.54, 1.807) is 10.9 Å². The van der Waals surface area contributed by atoms with Crippen LogP contribution in [0.25, 0.3) is 0 Å². The summed E-state index contributed by atoms with van der Waals surface area (Å²) in [4.78, 5) is 0. The Balaban J connectivity index is 2.32. The molecule has 0 unspecified atom stereocenters. The lowest BCUT2D eigenvalue weighted by molar-refractivity contribution is 0.326. The van der Waals surface area contributed by atoms with Gasteiger partial charge in [-0.2, -0.15) is 0 Å². The van der Waals surface area contributed by atoms with Gasteiger partial charge in [0.15, 0.2) is 0 Å². The molecule has 0 atom stereocenters. The molecular weight excluding hydrogens is 176 g/mol. The molecule has 0 radical (unpaired) electrons. The molecule has 14 heavy (non-hydrogen) atoms. The predicted molar refractivity (Wildman–Crippen MR) is 56.8 cm³/mol. The van der Waals surface area contributed by atoms with E-state index in [1.807, 2.05) is 7.05 Å². The maximum atomic E-state index is 3.88. The van der Waals surface area contributed by atoms with E-state index in [2.05, 4.69) is 36.4 Å². The van der Waals surface area contributed by atoms with E-state index in [-0.39, 0.29) is 0 Å². The van der Waals surface area contributed by atoms with Crippen LogP contribution in [0.15, 0.2) is 6.20 Å². The molecule has 1 rings (SSSR count). The molecule has 0 aliphatic heterocycles. The van der Waals surface area contributed by atoms with Gasteiger partial charge in [0.1, 0.15) is 0 Å². The van der Waals surface area contributed by atoms with Crippen molar-refractivity contribution in [3.63, 3.8) is 0 Å². The number of hydrogen-bond donors (Lipinski definition) is 1. The molecule has 0 aromatic carbocycles. The summed E-state index contributed by atoms with van der Waals surface area (Å²) >= 11 is 0. The van der Waals surface area contributed by atoms with Crippen LogP contribution in [0.2, 0.25) is 0 Å². The maximum absolute atomic E-state index is 3.88. The first-order chi connectivity index (χ1) is 6.55.